The highest BCUT2D eigenvalue weighted by Gasteiger charge is 2.17. The van der Waals surface area contributed by atoms with Crippen LogP contribution in [-0.4, -0.2) is 41.0 Å². The number of sulfonamides is 1. The average Bonchev–Trinajstić information content (AvgIpc) is 3.49. The molecule has 44 heavy (non-hydrogen) atoms. The summed E-state index contributed by atoms with van der Waals surface area (Å²) in [6, 6.07) is 21.0. The lowest BCUT2D eigenvalue weighted by Crippen LogP contribution is -2.26. The fraction of sp³-hybridized carbons (Fsp3) is 0.314. The molecule has 234 valence electrons. The third-order valence-electron chi connectivity index (χ3n) is 7.15. The average molecular weight is 637 g/mol. The smallest absolute Gasteiger partial charge is 0.229 e. The Morgan fingerprint density at radius 3 is 2.50 bits per heavy atom. The van der Waals surface area contributed by atoms with Gasteiger partial charge >= 0.3 is 0 Å². The second kappa shape index (κ2) is 15.3. The zero-order chi connectivity index (χ0) is 31.7. The second-order valence-corrected chi connectivity index (χ2v) is 13.4. The fourth-order valence-corrected chi connectivity index (χ4v) is 5.58. The highest BCUT2D eigenvalue weighted by atomic mass is 35.5. The van der Waals surface area contributed by atoms with E-state index in [0.717, 1.165) is 59.6 Å². The van der Waals surface area contributed by atoms with E-state index in [1.165, 1.54) is 0 Å². The number of benzene rings is 3. The number of allylic oxidation sites excluding steroid dienone is 3. The van der Waals surface area contributed by atoms with E-state index in [2.05, 4.69) is 23.1 Å². The number of nitrogens with one attached hydrogen (secondary N) is 1. The number of anilines is 2. The van der Waals surface area contributed by atoms with Gasteiger partial charge in [0.15, 0.2) is 0 Å². The summed E-state index contributed by atoms with van der Waals surface area (Å²) >= 11 is 6.14. The van der Waals surface area contributed by atoms with Crippen molar-refractivity contribution >= 4 is 33.0 Å². The first kappa shape index (κ1) is 33.2. The second-order valence-electron chi connectivity index (χ2n) is 11.2. The van der Waals surface area contributed by atoms with E-state index in [1.807, 2.05) is 86.7 Å². The third-order valence-corrected chi connectivity index (χ3v) is 7.99. The minimum absolute atomic E-state index is 0.417. The van der Waals surface area contributed by atoms with Gasteiger partial charge in [0.25, 0.3) is 0 Å². The van der Waals surface area contributed by atoms with Crippen LogP contribution in [0.25, 0.3) is 0 Å². The molecule has 3 aromatic carbocycles. The van der Waals surface area contributed by atoms with E-state index in [1.54, 1.807) is 6.07 Å². The highest BCUT2D eigenvalue weighted by molar-refractivity contribution is 7.92. The number of halogens is 1. The van der Waals surface area contributed by atoms with Crippen molar-refractivity contribution in [2.45, 2.75) is 33.7 Å². The predicted molar refractivity (Wildman–Crippen MR) is 180 cm³/mol. The van der Waals surface area contributed by atoms with Crippen molar-refractivity contribution in [2.75, 3.05) is 42.2 Å². The lowest BCUT2D eigenvalue weighted by Gasteiger charge is -2.28. The van der Waals surface area contributed by atoms with Crippen molar-refractivity contribution in [2.24, 2.45) is 5.92 Å². The molecule has 7 nitrogen and oxygen atoms in total. The van der Waals surface area contributed by atoms with Gasteiger partial charge in [-0.15, -0.1) is 0 Å². The van der Waals surface area contributed by atoms with E-state index >= 15 is 0 Å². The van der Waals surface area contributed by atoms with Crippen LogP contribution in [0.3, 0.4) is 0 Å². The van der Waals surface area contributed by atoms with Crippen LogP contribution in [-0.2, 0) is 21.3 Å². The Labute approximate surface area is 266 Å². The molecule has 0 spiro atoms. The first-order valence-corrected chi connectivity index (χ1v) is 16.8. The zero-order valence-corrected chi connectivity index (χ0v) is 27.4. The van der Waals surface area contributed by atoms with Crippen LogP contribution < -0.4 is 19.1 Å². The molecular formula is C35H41ClN2O5S. The standard InChI is InChI=1S/C35H41ClN2O5S/c1-25(2)35(43-32-9-6-8-31(20-32)42-24-29-18-19-41-23-29)17-12-26(3)21-38(22-28-13-15-30(36)16-14-28)34-11-7-10-33(27(34)4)37-44(5,39)40/h6-17,20,29,37H,1,18-19,21-24H2,2-5H3. The lowest BCUT2D eigenvalue weighted by molar-refractivity contribution is 0.167. The van der Waals surface area contributed by atoms with Crippen LogP contribution in [0.4, 0.5) is 11.4 Å². The van der Waals surface area contributed by atoms with Gasteiger partial charge < -0.3 is 19.1 Å². The summed E-state index contributed by atoms with van der Waals surface area (Å²) in [5.74, 6) is 2.48. The van der Waals surface area contributed by atoms with Gasteiger partial charge in [0.1, 0.15) is 17.3 Å². The minimum Gasteiger partial charge on any atom is -0.493 e. The van der Waals surface area contributed by atoms with Gasteiger partial charge in [0, 0.05) is 42.4 Å². The summed E-state index contributed by atoms with van der Waals surface area (Å²) in [5, 5.41) is 0.671. The number of hydrogen-bond donors (Lipinski definition) is 1. The lowest BCUT2D eigenvalue weighted by atomic mass is 10.1. The van der Waals surface area contributed by atoms with Gasteiger partial charge in [-0.3, -0.25) is 4.72 Å². The van der Waals surface area contributed by atoms with E-state index < -0.39 is 10.0 Å². The van der Waals surface area contributed by atoms with Crippen LogP contribution >= 0.6 is 11.6 Å². The number of rotatable bonds is 14. The Kier molecular flexibility index (Phi) is 11.6. The predicted octanol–water partition coefficient (Wildman–Crippen LogP) is 7.93. The first-order valence-electron chi connectivity index (χ1n) is 14.6. The molecule has 4 rings (SSSR count). The Morgan fingerprint density at radius 2 is 1.82 bits per heavy atom. The SMILES string of the molecule is C=C(C)C(=CC=C(C)CN(Cc1ccc(Cl)cc1)c1cccc(NS(C)(=O)=O)c1C)Oc1cccc(OCC2CCOC2)c1. The molecule has 1 saturated heterocycles. The van der Waals surface area contributed by atoms with Crippen molar-refractivity contribution in [3.8, 4) is 11.5 Å². The molecule has 0 radical (unpaired) electrons. The summed E-state index contributed by atoms with van der Waals surface area (Å²) in [7, 11) is -3.43. The molecule has 3 aromatic rings. The molecule has 1 fully saturated rings. The van der Waals surface area contributed by atoms with Gasteiger partial charge in [0.2, 0.25) is 10.0 Å². The number of ether oxygens (including phenoxy) is 3. The van der Waals surface area contributed by atoms with Crippen LogP contribution in [0.15, 0.2) is 102 Å². The molecule has 0 aromatic heterocycles. The summed E-state index contributed by atoms with van der Waals surface area (Å²) in [6.45, 7) is 13.3. The normalized spacial score (nSPS) is 15.6. The fourth-order valence-electron chi connectivity index (χ4n) is 4.83. The third kappa shape index (κ3) is 10.2. The maximum atomic E-state index is 12.0. The molecule has 0 bridgehead atoms. The summed E-state index contributed by atoms with van der Waals surface area (Å²) in [6.07, 6.45) is 6.12. The van der Waals surface area contributed by atoms with Gasteiger partial charge in [-0.1, -0.05) is 54.1 Å². The Bertz CT molecular complexity index is 1610. The molecule has 1 N–H and O–H groups in total. The van der Waals surface area contributed by atoms with Gasteiger partial charge in [-0.25, -0.2) is 8.42 Å². The van der Waals surface area contributed by atoms with Crippen molar-refractivity contribution in [1.82, 2.24) is 0 Å². The highest BCUT2D eigenvalue weighted by Crippen LogP contribution is 2.30. The van der Waals surface area contributed by atoms with Crippen LogP contribution in [0.5, 0.6) is 11.5 Å². The van der Waals surface area contributed by atoms with Crippen LogP contribution in [0.1, 0.15) is 31.4 Å². The minimum atomic E-state index is -3.43. The van der Waals surface area contributed by atoms with Crippen LogP contribution in [0.2, 0.25) is 5.02 Å². The molecule has 1 heterocycles. The van der Waals surface area contributed by atoms with Gasteiger partial charge in [-0.2, -0.15) is 0 Å². The molecule has 1 aliphatic heterocycles. The van der Waals surface area contributed by atoms with E-state index in [-0.39, 0.29) is 0 Å². The summed E-state index contributed by atoms with van der Waals surface area (Å²) in [5.41, 5.74) is 5.24. The Hall–Kier alpha value is -3.72. The van der Waals surface area contributed by atoms with E-state index in [9.17, 15) is 8.42 Å². The monoisotopic (exact) mass is 636 g/mol. The largest absolute Gasteiger partial charge is 0.493 e. The maximum Gasteiger partial charge on any atom is 0.229 e. The Morgan fingerprint density at radius 1 is 1.09 bits per heavy atom. The summed E-state index contributed by atoms with van der Waals surface area (Å²) in [4.78, 5) is 2.21. The molecule has 0 amide bonds. The molecular weight excluding hydrogens is 596 g/mol. The van der Waals surface area contributed by atoms with Gasteiger partial charge in [0.05, 0.1) is 25.2 Å². The molecule has 0 aliphatic carbocycles. The van der Waals surface area contributed by atoms with E-state index in [4.69, 9.17) is 25.8 Å². The molecule has 0 saturated carbocycles. The van der Waals surface area contributed by atoms with Crippen molar-refractivity contribution in [3.05, 3.63) is 119 Å². The quantitative estimate of drug-likeness (QED) is 0.143. The Balaban J connectivity index is 1.54. The molecule has 1 atom stereocenters. The van der Waals surface area contributed by atoms with Crippen molar-refractivity contribution in [1.29, 1.82) is 0 Å². The first-order chi connectivity index (χ1) is 21.0. The summed E-state index contributed by atoms with van der Waals surface area (Å²) < 4.78 is 44.3. The van der Waals surface area contributed by atoms with Crippen molar-refractivity contribution < 1.29 is 22.6 Å². The number of hydrogen-bond acceptors (Lipinski definition) is 6. The molecule has 1 unspecified atom stereocenters. The van der Waals surface area contributed by atoms with Crippen LogP contribution in [0, 0.1) is 12.8 Å². The van der Waals surface area contributed by atoms with E-state index in [0.29, 0.717) is 47.8 Å². The molecule has 1 aliphatic rings. The maximum absolute atomic E-state index is 12.0. The number of nitrogens with zero attached hydrogens (tertiary/aromatic N) is 1. The molecule has 9 heteroatoms. The topological polar surface area (TPSA) is 77.1 Å². The zero-order valence-electron chi connectivity index (χ0n) is 25.8. The van der Waals surface area contributed by atoms with Gasteiger partial charge in [-0.05, 0) is 86.4 Å². The van der Waals surface area contributed by atoms with Crippen molar-refractivity contribution in [3.63, 3.8) is 0 Å².